The van der Waals surface area contributed by atoms with Crippen LogP contribution in [0.25, 0.3) is 0 Å². The zero-order valence-electron chi connectivity index (χ0n) is 15.9. The van der Waals surface area contributed by atoms with Gasteiger partial charge in [0.05, 0.1) is 19.8 Å². The first-order chi connectivity index (χ1) is 13.3. The fourth-order valence-corrected chi connectivity index (χ4v) is 3.19. The predicted octanol–water partition coefficient (Wildman–Crippen LogP) is 4.96. The van der Waals surface area contributed by atoms with E-state index in [1.807, 2.05) is 41.0 Å². The second-order valence-electron chi connectivity index (χ2n) is 6.79. The number of aryl methyl sites for hydroxylation is 1. The molecule has 1 heterocycles. The van der Waals surface area contributed by atoms with Crippen molar-refractivity contribution in [3.8, 4) is 0 Å². The molecule has 0 aliphatic heterocycles. The Labute approximate surface area is 161 Å². The smallest absolute Gasteiger partial charge is 0.251 e. The Balaban J connectivity index is 1.74. The van der Waals surface area contributed by atoms with E-state index >= 15 is 0 Å². The van der Waals surface area contributed by atoms with E-state index < -0.39 is 0 Å². The molecule has 0 amide bonds. The Kier molecular flexibility index (Phi) is 7.00. The van der Waals surface area contributed by atoms with E-state index in [1.165, 1.54) is 0 Å². The molecule has 0 N–H and O–H groups in total. The van der Waals surface area contributed by atoms with Gasteiger partial charge in [0.15, 0.2) is 0 Å². The maximum atomic E-state index is 12.4. The van der Waals surface area contributed by atoms with Crippen LogP contribution in [0.1, 0.15) is 42.1 Å². The molecular formula is C24H27NO2. The minimum atomic E-state index is 0.0589. The molecule has 2 aromatic carbocycles. The summed E-state index contributed by atoms with van der Waals surface area (Å²) in [5.41, 5.74) is 4.59. The molecule has 0 radical (unpaired) electrons. The molecule has 0 spiro atoms. The molecule has 1 aromatic heterocycles. The first-order valence-electron chi connectivity index (χ1n) is 9.65. The molecule has 0 saturated carbocycles. The summed E-state index contributed by atoms with van der Waals surface area (Å²) in [7, 11) is 0. The van der Waals surface area contributed by atoms with Crippen LogP contribution in [-0.2, 0) is 30.9 Å². The van der Waals surface area contributed by atoms with Crippen LogP contribution in [0, 0.1) is 0 Å². The fraction of sp³-hybridized carbons (Fsp3) is 0.292. The van der Waals surface area contributed by atoms with Gasteiger partial charge in [-0.15, -0.1) is 0 Å². The van der Waals surface area contributed by atoms with Gasteiger partial charge in [-0.25, -0.2) is 0 Å². The summed E-state index contributed by atoms with van der Waals surface area (Å²) in [6.45, 7) is 3.88. The lowest BCUT2D eigenvalue weighted by Gasteiger charge is -2.15. The van der Waals surface area contributed by atoms with Crippen molar-refractivity contribution >= 4 is 0 Å². The number of benzene rings is 2. The molecular weight excluding hydrogens is 334 g/mol. The Morgan fingerprint density at radius 1 is 0.815 bits per heavy atom. The zero-order chi connectivity index (χ0) is 18.9. The second kappa shape index (κ2) is 9.89. The first-order valence-corrected chi connectivity index (χ1v) is 9.65. The summed E-state index contributed by atoms with van der Waals surface area (Å²) in [5, 5.41) is 0. The number of ether oxygens (including phenoxy) is 1. The van der Waals surface area contributed by atoms with Crippen LogP contribution in [0.2, 0.25) is 0 Å². The Bertz CT molecular complexity index is 900. The van der Waals surface area contributed by atoms with E-state index in [0.717, 1.165) is 41.6 Å². The van der Waals surface area contributed by atoms with Crippen LogP contribution in [-0.4, -0.2) is 4.57 Å². The highest BCUT2D eigenvalue weighted by Gasteiger charge is 2.08. The predicted molar refractivity (Wildman–Crippen MR) is 110 cm³/mol. The molecule has 0 aliphatic carbocycles. The number of rotatable bonds is 9. The van der Waals surface area contributed by atoms with E-state index in [2.05, 4.69) is 37.3 Å². The average molecular weight is 361 g/mol. The van der Waals surface area contributed by atoms with Crippen molar-refractivity contribution in [1.82, 2.24) is 4.57 Å². The molecule has 0 aliphatic rings. The Hall–Kier alpha value is -2.65. The third kappa shape index (κ3) is 5.41. The quantitative estimate of drug-likeness (QED) is 0.540. The van der Waals surface area contributed by atoms with Gasteiger partial charge in [0.25, 0.3) is 5.56 Å². The third-order valence-corrected chi connectivity index (χ3v) is 4.74. The lowest BCUT2D eigenvalue weighted by molar-refractivity contribution is 0.106. The van der Waals surface area contributed by atoms with Gasteiger partial charge in [-0.05, 0) is 35.6 Å². The van der Waals surface area contributed by atoms with Gasteiger partial charge >= 0.3 is 0 Å². The van der Waals surface area contributed by atoms with E-state index in [0.29, 0.717) is 19.8 Å². The summed E-state index contributed by atoms with van der Waals surface area (Å²) in [6.07, 6.45) is 3.14. The molecule has 0 unspecified atom stereocenters. The molecule has 0 saturated heterocycles. The van der Waals surface area contributed by atoms with Crippen LogP contribution in [0.3, 0.4) is 0 Å². The summed E-state index contributed by atoms with van der Waals surface area (Å²) in [6, 6.07) is 24.0. The number of nitrogens with zero attached hydrogens (tertiary/aromatic N) is 1. The summed E-state index contributed by atoms with van der Waals surface area (Å²) in [4.78, 5) is 12.4. The van der Waals surface area contributed by atoms with Gasteiger partial charge in [-0.3, -0.25) is 4.79 Å². The third-order valence-electron chi connectivity index (χ3n) is 4.74. The molecule has 3 rings (SSSR count). The number of hydrogen-bond donors (Lipinski definition) is 0. The zero-order valence-corrected chi connectivity index (χ0v) is 15.9. The van der Waals surface area contributed by atoms with E-state index in [9.17, 15) is 4.79 Å². The summed E-state index contributed by atoms with van der Waals surface area (Å²) in [5.74, 6) is 0. The molecule has 0 fully saturated rings. The van der Waals surface area contributed by atoms with E-state index in [4.69, 9.17) is 4.74 Å². The molecule has 3 nitrogen and oxygen atoms in total. The summed E-state index contributed by atoms with van der Waals surface area (Å²) >= 11 is 0. The molecule has 27 heavy (non-hydrogen) atoms. The molecule has 3 heteroatoms. The standard InChI is InChI=1S/C24H27NO2/c1-2-3-14-23-15-9-16-24(26)25(23)17-21-12-7-8-13-22(21)19-27-18-20-10-5-4-6-11-20/h4-13,15-16H,2-3,14,17-19H2,1H3. The normalized spacial score (nSPS) is 10.9. The number of unbranched alkanes of at least 4 members (excludes halogenated alkanes) is 1. The lowest BCUT2D eigenvalue weighted by atomic mass is 10.1. The number of hydrogen-bond acceptors (Lipinski definition) is 2. The van der Waals surface area contributed by atoms with Gasteiger partial charge in [0.1, 0.15) is 0 Å². The van der Waals surface area contributed by atoms with Crippen molar-refractivity contribution in [3.63, 3.8) is 0 Å². The van der Waals surface area contributed by atoms with Crippen LogP contribution in [0.15, 0.2) is 77.6 Å². The van der Waals surface area contributed by atoms with Gasteiger partial charge in [0, 0.05) is 11.8 Å². The van der Waals surface area contributed by atoms with Crippen molar-refractivity contribution < 1.29 is 4.74 Å². The highest BCUT2D eigenvalue weighted by Crippen LogP contribution is 2.14. The lowest BCUT2D eigenvalue weighted by Crippen LogP contribution is -2.23. The average Bonchev–Trinajstić information content (AvgIpc) is 2.70. The Morgan fingerprint density at radius 2 is 1.56 bits per heavy atom. The minimum Gasteiger partial charge on any atom is -0.372 e. The first kappa shape index (κ1) is 19.1. The number of aromatic nitrogens is 1. The Morgan fingerprint density at radius 3 is 2.33 bits per heavy atom. The van der Waals surface area contributed by atoms with Gasteiger partial charge in [0.2, 0.25) is 0 Å². The van der Waals surface area contributed by atoms with Crippen molar-refractivity contribution in [2.45, 2.75) is 45.9 Å². The van der Waals surface area contributed by atoms with Crippen molar-refractivity contribution in [1.29, 1.82) is 0 Å². The van der Waals surface area contributed by atoms with Crippen molar-refractivity contribution in [2.75, 3.05) is 0 Å². The molecule has 0 bridgehead atoms. The minimum absolute atomic E-state index is 0.0589. The fourth-order valence-electron chi connectivity index (χ4n) is 3.19. The molecule has 0 atom stereocenters. The van der Waals surface area contributed by atoms with Crippen LogP contribution >= 0.6 is 0 Å². The summed E-state index contributed by atoms with van der Waals surface area (Å²) < 4.78 is 7.82. The maximum Gasteiger partial charge on any atom is 0.251 e. The molecule has 3 aromatic rings. The highest BCUT2D eigenvalue weighted by atomic mass is 16.5. The maximum absolute atomic E-state index is 12.4. The van der Waals surface area contributed by atoms with Gasteiger partial charge in [-0.2, -0.15) is 0 Å². The highest BCUT2D eigenvalue weighted by molar-refractivity contribution is 5.27. The second-order valence-corrected chi connectivity index (χ2v) is 6.79. The van der Waals surface area contributed by atoms with Crippen molar-refractivity contribution in [2.24, 2.45) is 0 Å². The van der Waals surface area contributed by atoms with Crippen LogP contribution < -0.4 is 5.56 Å². The van der Waals surface area contributed by atoms with E-state index in [-0.39, 0.29) is 5.56 Å². The van der Waals surface area contributed by atoms with Crippen molar-refractivity contribution in [3.05, 3.63) is 106 Å². The topological polar surface area (TPSA) is 31.2 Å². The molecule has 140 valence electrons. The number of pyridine rings is 1. The monoisotopic (exact) mass is 361 g/mol. The van der Waals surface area contributed by atoms with Crippen LogP contribution in [0.5, 0.6) is 0 Å². The SMILES string of the molecule is CCCCc1cccc(=O)n1Cc1ccccc1COCc1ccccc1. The van der Waals surface area contributed by atoms with Crippen LogP contribution in [0.4, 0.5) is 0 Å². The van der Waals surface area contributed by atoms with Gasteiger partial charge < -0.3 is 9.30 Å². The van der Waals surface area contributed by atoms with Gasteiger partial charge in [-0.1, -0.05) is 74.0 Å². The van der Waals surface area contributed by atoms with E-state index in [1.54, 1.807) is 6.07 Å². The largest absolute Gasteiger partial charge is 0.372 e.